The highest BCUT2D eigenvalue weighted by Crippen LogP contribution is 2.25. The number of methoxy groups -OCH3 is 2. The third-order valence-corrected chi connectivity index (χ3v) is 3.13. The van der Waals surface area contributed by atoms with E-state index >= 15 is 0 Å². The minimum Gasteiger partial charge on any atom is -0.467 e. The van der Waals surface area contributed by atoms with E-state index in [9.17, 15) is 14.4 Å². The molecule has 1 aliphatic rings. The van der Waals surface area contributed by atoms with E-state index in [1.165, 1.54) is 21.1 Å². The average molecular weight is 347 g/mol. The minimum atomic E-state index is -1.04. The van der Waals surface area contributed by atoms with Crippen molar-refractivity contribution in [2.24, 2.45) is 0 Å². The van der Waals surface area contributed by atoms with Crippen molar-refractivity contribution in [2.75, 3.05) is 14.2 Å². The Hall–Kier alpha value is -1.87. The highest BCUT2D eigenvalue weighted by molar-refractivity contribution is 5.75. The summed E-state index contributed by atoms with van der Waals surface area (Å²) in [6.45, 7) is 6.38. The van der Waals surface area contributed by atoms with Gasteiger partial charge in [0.1, 0.15) is 5.60 Å². The number of nitrogens with one attached hydrogen (secondary N) is 1. The van der Waals surface area contributed by atoms with E-state index in [4.69, 9.17) is 18.9 Å². The summed E-state index contributed by atoms with van der Waals surface area (Å²) in [5, 5.41) is 2.60. The van der Waals surface area contributed by atoms with Crippen molar-refractivity contribution >= 4 is 18.0 Å². The molecule has 0 bridgehead atoms. The molecule has 24 heavy (non-hydrogen) atoms. The van der Waals surface area contributed by atoms with Gasteiger partial charge >= 0.3 is 18.0 Å². The third-order valence-electron chi connectivity index (χ3n) is 3.13. The maximum Gasteiger partial charge on any atom is 0.408 e. The Bertz CT molecular complexity index is 473. The average Bonchev–Trinajstić information content (AvgIpc) is 2.45. The number of amides is 1. The van der Waals surface area contributed by atoms with Crippen LogP contribution >= 0.6 is 0 Å². The number of hydrogen-bond donors (Lipinski definition) is 1. The molecule has 0 aromatic heterocycles. The number of carbonyl (C=O) groups excluding carboxylic acids is 3. The van der Waals surface area contributed by atoms with Gasteiger partial charge in [-0.25, -0.2) is 9.59 Å². The Labute approximate surface area is 140 Å². The smallest absolute Gasteiger partial charge is 0.408 e. The van der Waals surface area contributed by atoms with E-state index in [2.05, 4.69) is 10.1 Å². The van der Waals surface area contributed by atoms with Crippen molar-refractivity contribution in [2.45, 2.75) is 64.3 Å². The molecule has 0 aliphatic carbocycles. The topological polar surface area (TPSA) is 109 Å². The van der Waals surface area contributed by atoms with Crippen LogP contribution in [0.25, 0.3) is 0 Å². The van der Waals surface area contributed by atoms with Gasteiger partial charge < -0.3 is 29.0 Å². The third kappa shape index (κ3) is 5.97. The quantitative estimate of drug-likeness (QED) is 0.586. The first kappa shape index (κ1) is 20.2. The normalized spacial score (nSPS) is 27.1. The second-order valence-corrected chi connectivity index (χ2v) is 6.31. The molecule has 1 amide bonds. The number of carbonyl (C=O) groups is 3. The lowest BCUT2D eigenvalue weighted by Gasteiger charge is -2.39. The van der Waals surface area contributed by atoms with Gasteiger partial charge in [0.25, 0.3) is 0 Å². The molecule has 1 aliphatic heterocycles. The van der Waals surface area contributed by atoms with Gasteiger partial charge in [-0.15, -0.1) is 0 Å². The maximum absolute atomic E-state index is 12.0. The van der Waals surface area contributed by atoms with Crippen LogP contribution in [0.15, 0.2) is 0 Å². The van der Waals surface area contributed by atoms with E-state index < -0.39 is 48.2 Å². The molecule has 0 unspecified atom stereocenters. The lowest BCUT2D eigenvalue weighted by atomic mass is 9.99. The second-order valence-electron chi connectivity index (χ2n) is 6.31. The van der Waals surface area contributed by atoms with E-state index in [0.717, 1.165) is 0 Å². The summed E-state index contributed by atoms with van der Waals surface area (Å²) in [4.78, 5) is 35.1. The SMILES string of the molecule is COC(=O)[C@@H]1C[C@H](NC(=O)OC(C)(C)C)[C@@H](OC(C)=O)[C@H](OC)O1. The lowest BCUT2D eigenvalue weighted by Crippen LogP contribution is -2.59. The van der Waals surface area contributed by atoms with Gasteiger partial charge in [-0.3, -0.25) is 4.79 Å². The molecule has 0 aromatic carbocycles. The molecular weight excluding hydrogens is 322 g/mol. The predicted octanol–water partition coefficient (Wildman–Crippen LogP) is 0.746. The van der Waals surface area contributed by atoms with Crippen molar-refractivity contribution < 1.29 is 38.1 Å². The van der Waals surface area contributed by atoms with Crippen LogP contribution < -0.4 is 5.32 Å². The monoisotopic (exact) mass is 347 g/mol. The number of hydrogen-bond acceptors (Lipinski definition) is 8. The maximum atomic E-state index is 12.0. The molecule has 0 spiro atoms. The molecule has 0 aromatic rings. The predicted molar refractivity (Wildman–Crippen MR) is 81.0 cm³/mol. The van der Waals surface area contributed by atoms with Crippen molar-refractivity contribution in [3.63, 3.8) is 0 Å². The molecule has 4 atom stereocenters. The van der Waals surface area contributed by atoms with Crippen LogP contribution in [0.3, 0.4) is 0 Å². The van der Waals surface area contributed by atoms with Crippen molar-refractivity contribution in [1.82, 2.24) is 5.32 Å². The van der Waals surface area contributed by atoms with Crippen LogP contribution in [0.5, 0.6) is 0 Å². The fraction of sp³-hybridized carbons (Fsp3) is 0.800. The van der Waals surface area contributed by atoms with Crippen LogP contribution in [0, 0.1) is 0 Å². The number of ether oxygens (including phenoxy) is 5. The van der Waals surface area contributed by atoms with Gasteiger partial charge in [0, 0.05) is 20.5 Å². The van der Waals surface area contributed by atoms with Gasteiger partial charge in [-0.1, -0.05) is 0 Å². The largest absolute Gasteiger partial charge is 0.467 e. The Morgan fingerprint density at radius 3 is 2.25 bits per heavy atom. The van der Waals surface area contributed by atoms with Crippen LogP contribution in [0.2, 0.25) is 0 Å². The summed E-state index contributed by atoms with van der Waals surface area (Å²) in [6, 6.07) is -0.744. The molecule has 138 valence electrons. The molecule has 0 radical (unpaired) electrons. The van der Waals surface area contributed by atoms with Gasteiger partial charge in [0.05, 0.1) is 13.2 Å². The first-order valence-corrected chi connectivity index (χ1v) is 7.50. The Morgan fingerprint density at radius 1 is 1.17 bits per heavy atom. The van der Waals surface area contributed by atoms with E-state index in [1.807, 2.05) is 0 Å². The zero-order valence-corrected chi connectivity index (χ0v) is 14.8. The highest BCUT2D eigenvalue weighted by Gasteiger charge is 2.45. The van der Waals surface area contributed by atoms with Gasteiger partial charge in [-0.05, 0) is 20.8 Å². The molecule has 9 nitrogen and oxygen atoms in total. The second kappa shape index (κ2) is 8.29. The van der Waals surface area contributed by atoms with Gasteiger partial charge in [-0.2, -0.15) is 0 Å². The van der Waals surface area contributed by atoms with Crippen LogP contribution in [0.4, 0.5) is 4.79 Å². The molecule has 1 fully saturated rings. The summed E-state index contributed by atoms with van der Waals surface area (Å²) >= 11 is 0. The fourth-order valence-corrected chi connectivity index (χ4v) is 2.25. The minimum absolute atomic E-state index is 0.0454. The van der Waals surface area contributed by atoms with Crippen LogP contribution in [-0.4, -0.2) is 62.4 Å². The molecule has 1 heterocycles. The number of esters is 2. The summed E-state index contributed by atoms with van der Waals surface area (Å²) in [7, 11) is 2.56. The highest BCUT2D eigenvalue weighted by atomic mass is 16.7. The molecule has 9 heteroatoms. The Kier molecular flexibility index (Phi) is 6.97. The number of rotatable bonds is 4. The fourth-order valence-electron chi connectivity index (χ4n) is 2.25. The molecule has 1 N–H and O–H groups in total. The standard InChI is InChI=1S/C15H25NO8/c1-8(17)22-11-9(16-14(19)24-15(2,3)4)7-10(12(18)20-5)23-13(11)21-6/h9-11,13H,7H2,1-6H3,(H,16,19)/t9-,10-,11+,13+/m0/s1. The van der Waals surface area contributed by atoms with Gasteiger partial charge in [0.2, 0.25) is 0 Å². The van der Waals surface area contributed by atoms with E-state index in [1.54, 1.807) is 20.8 Å². The molecule has 1 rings (SSSR count). The molecule has 0 saturated carbocycles. The molecular formula is C15H25NO8. The van der Waals surface area contributed by atoms with Crippen LogP contribution in [0.1, 0.15) is 34.1 Å². The summed E-state index contributed by atoms with van der Waals surface area (Å²) in [5.74, 6) is -1.19. The lowest BCUT2D eigenvalue weighted by molar-refractivity contribution is -0.247. The first-order chi connectivity index (χ1) is 11.1. The Morgan fingerprint density at radius 2 is 1.79 bits per heavy atom. The Balaban J connectivity index is 2.94. The van der Waals surface area contributed by atoms with Crippen LogP contribution in [-0.2, 0) is 33.3 Å². The number of alkyl carbamates (subject to hydrolysis) is 1. The zero-order chi connectivity index (χ0) is 18.5. The summed E-state index contributed by atoms with van der Waals surface area (Å²) in [5.41, 5.74) is -0.700. The van der Waals surface area contributed by atoms with Crippen molar-refractivity contribution in [3.8, 4) is 0 Å². The van der Waals surface area contributed by atoms with Crippen molar-refractivity contribution in [3.05, 3.63) is 0 Å². The van der Waals surface area contributed by atoms with E-state index in [0.29, 0.717) is 0 Å². The zero-order valence-electron chi connectivity index (χ0n) is 14.8. The van der Waals surface area contributed by atoms with Gasteiger partial charge in [0.15, 0.2) is 18.5 Å². The summed E-state index contributed by atoms with van der Waals surface area (Å²) < 4.78 is 25.6. The van der Waals surface area contributed by atoms with E-state index in [-0.39, 0.29) is 6.42 Å². The molecule has 1 saturated heterocycles. The first-order valence-electron chi connectivity index (χ1n) is 7.50. The summed E-state index contributed by atoms with van der Waals surface area (Å²) in [6.07, 6.45) is -3.59. The van der Waals surface area contributed by atoms with Crippen molar-refractivity contribution in [1.29, 1.82) is 0 Å².